The summed E-state index contributed by atoms with van der Waals surface area (Å²) in [4.78, 5) is 0. The summed E-state index contributed by atoms with van der Waals surface area (Å²) in [5.74, 6) is 1.35. The molecule has 0 saturated carbocycles. The first kappa shape index (κ1) is 17.5. The maximum atomic E-state index is 10.4. The normalized spacial score (nSPS) is 17.1. The number of aromatic hydroxyl groups is 1. The van der Waals surface area contributed by atoms with Gasteiger partial charge in [-0.15, -0.1) is 0 Å². The Balaban J connectivity index is 1.41. The van der Waals surface area contributed by atoms with Crippen LogP contribution < -0.4 is 15.7 Å². The van der Waals surface area contributed by atoms with Gasteiger partial charge in [-0.3, -0.25) is 0 Å². The number of nitrogens with one attached hydrogen (secondary N) is 2. The molecule has 0 unspecified atom stereocenters. The lowest BCUT2D eigenvalue weighted by Crippen LogP contribution is -2.35. The number of rotatable bonds is 5. The Labute approximate surface area is 159 Å². The Morgan fingerprint density at radius 2 is 1.78 bits per heavy atom. The zero-order chi connectivity index (χ0) is 18.6. The van der Waals surface area contributed by atoms with Gasteiger partial charge < -0.3 is 9.84 Å². The van der Waals surface area contributed by atoms with Crippen LogP contribution in [0.15, 0.2) is 72.8 Å². The number of para-hydroxylation sites is 1. The second-order valence-electron chi connectivity index (χ2n) is 6.77. The van der Waals surface area contributed by atoms with Gasteiger partial charge in [0, 0.05) is 13.1 Å². The molecule has 0 aliphatic carbocycles. The van der Waals surface area contributed by atoms with E-state index in [1.54, 1.807) is 6.07 Å². The van der Waals surface area contributed by atoms with E-state index in [4.69, 9.17) is 4.74 Å². The molecule has 138 valence electrons. The van der Waals surface area contributed by atoms with Crippen LogP contribution >= 0.6 is 0 Å². The van der Waals surface area contributed by atoms with Crippen LogP contribution in [0.2, 0.25) is 0 Å². The van der Waals surface area contributed by atoms with Crippen molar-refractivity contribution in [2.45, 2.75) is 19.5 Å². The number of hydrogen-bond donors (Lipinski definition) is 3. The number of phenols is 1. The summed E-state index contributed by atoms with van der Waals surface area (Å²) >= 11 is 0. The highest BCUT2D eigenvalue weighted by Crippen LogP contribution is 2.33. The molecule has 5 nitrogen and oxygen atoms in total. The molecule has 3 N–H and O–H groups in total. The maximum absolute atomic E-state index is 10.4. The Morgan fingerprint density at radius 1 is 1.00 bits per heavy atom. The van der Waals surface area contributed by atoms with Crippen molar-refractivity contribution in [1.29, 1.82) is 0 Å². The van der Waals surface area contributed by atoms with Crippen LogP contribution in [-0.2, 0) is 6.54 Å². The van der Waals surface area contributed by atoms with E-state index in [1.165, 1.54) is 5.56 Å². The van der Waals surface area contributed by atoms with E-state index in [-0.39, 0.29) is 11.8 Å². The second kappa shape index (κ2) is 7.80. The van der Waals surface area contributed by atoms with E-state index in [2.05, 4.69) is 28.1 Å². The summed E-state index contributed by atoms with van der Waals surface area (Å²) in [6.45, 7) is 3.50. The van der Waals surface area contributed by atoms with E-state index >= 15 is 0 Å². The summed E-state index contributed by atoms with van der Waals surface area (Å²) in [6, 6.07) is 23.9. The third-order valence-electron chi connectivity index (χ3n) is 4.71. The molecule has 3 aromatic carbocycles. The van der Waals surface area contributed by atoms with Crippen molar-refractivity contribution in [3.8, 4) is 17.2 Å². The van der Waals surface area contributed by atoms with Gasteiger partial charge >= 0.3 is 0 Å². The van der Waals surface area contributed by atoms with Crippen molar-refractivity contribution in [2.24, 2.45) is 0 Å². The summed E-state index contributed by atoms with van der Waals surface area (Å²) in [5.41, 5.74) is 9.78. The smallest absolute Gasteiger partial charge is 0.169 e. The molecule has 4 rings (SSSR count). The van der Waals surface area contributed by atoms with Gasteiger partial charge in [0.1, 0.15) is 5.75 Å². The predicted octanol–water partition coefficient (Wildman–Crippen LogP) is 4.06. The van der Waals surface area contributed by atoms with Crippen molar-refractivity contribution in [1.82, 2.24) is 16.0 Å². The van der Waals surface area contributed by atoms with Gasteiger partial charge in [-0.05, 0) is 41.8 Å². The molecule has 1 heterocycles. The molecule has 1 fully saturated rings. The summed E-state index contributed by atoms with van der Waals surface area (Å²) in [5, 5.41) is 12.5. The quantitative estimate of drug-likeness (QED) is 0.640. The Morgan fingerprint density at radius 3 is 2.56 bits per heavy atom. The first-order valence-electron chi connectivity index (χ1n) is 9.05. The standard InChI is InChI=1S/C22H23N3O2/c1-16-7-5-6-10-21(16)27-22-12-11-17(13-20(22)26)14-25-15-19(23-24-25)18-8-3-2-4-9-18/h2-13,19,23-24,26H,14-15H2,1H3/t19-/m0/s1. The highest BCUT2D eigenvalue weighted by Gasteiger charge is 2.23. The number of hydrogen-bond acceptors (Lipinski definition) is 5. The minimum Gasteiger partial charge on any atom is -0.504 e. The minimum atomic E-state index is 0.141. The van der Waals surface area contributed by atoms with Gasteiger partial charge in [-0.1, -0.05) is 54.6 Å². The van der Waals surface area contributed by atoms with Crippen molar-refractivity contribution in [3.05, 3.63) is 89.5 Å². The highest BCUT2D eigenvalue weighted by atomic mass is 16.5. The van der Waals surface area contributed by atoms with Crippen molar-refractivity contribution in [2.75, 3.05) is 6.54 Å². The van der Waals surface area contributed by atoms with E-state index in [9.17, 15) is 5.11 Å². The fourth-order valence-corrected chi connectivity index (χ4v) is 3.22. The minimum absolute atomic E-state index is 0.141. The second-order valence-corrected chi connectivity index (χ2v) is 6.77. The van der Waals surface area contributed by atoms with Crippen LogP contribution in [0.1, 0.15) is 22.7 Å². The van der Waals surface area contributed by atoms with Gasteiger partial charge in [0.05, 0.1) is 6.04 Å². The van der Waals surface area contributed by atoms with Gasteiger partial charge in [0.25, 0.3) is 0 Å². The van der Waals surface area contributed by atoms with Crippen molar-refractivity contribution < 1.29 is 9.84 Å². The molecule has 0 radical (unpaired) electrons. The average Bonchev–Trinajstić information content (AvgIpc) is 3.15. The van der Waals surface area contributed by atoms with Gasteiger partial charge in [0.15, 0.2) is 11.5 Å². The van der Waals surface area contributed by atoms with E-state index in [0.717, 1.165) is 23.4 Å². The Hall–Kier alpha value is -2.86. The van der Waals surface area contributed by atoms with Crippen molar-refractivity contribution >= 4 is 0 Å². The SMILES string of the molecule is Cc1ccccc1Oc1ccc(CN2C[C@@H](c3ccccc3)NN2)cc1O. The summed E-state index contributed by atoms with van der Waals surface area (Å²) in [6.07, 6.45) is 0. The summed E-state index contributed by atoms with van der Waals surface area (Å²) in [7, 11) is 0. The molecular formula is C22H23N3O2. The molecule has 0 spiro atoms. The lowest BCUT2D eigenvalue weighted by molar-refractivity contribution is 0.224. The van der Waals surface area contributed by atoms with Crippen LogP contribution in [-0.4, -0.2) is 16.7 Å². The van der Waals surface area contributed by atoms with Crippen molar-refractivity contribution in [3.63, 3.8) is 0 Å². The van der Waals surface area contributed by atoms with E-state index in [0.29, 0.717) is 12.3 Å². The zero-order valence-electron chi connectivity index (χ0n) is 15.2. The van der Waals surface area contributed by atoms with Crippen LogP contribution in [0, 0.1) is 6.92 Å². The molecule has 0 bridgehead atoms. The number of ether oxygens (including phenoxy) is 1. The molecule has 1 atom stereocenters. The average molecular weight is 361 g/mol. The molecule has 3 aromatic rings. The summed E-state index contributed by atoms with van der Waals surface area (Å²) < 4.78 is 5.85. The monoisotopic (exact) mass is 361 g/mol. The van der Waals surface area contributed by atoms with Crippen LogP contribution in [0.4, 0.5) is 0 Å². The third-order valence-corrected chi connectivity index (χ3v) is 4.71. The molecule has 1 aliphatic rings. The van der Waals surface area contributed by atoms with Crippen LogP contribution in [0.3, 0.4) is 0 Å². The maximum Gasteiger partial charge on any atom is 0.169 e. The van der Waals surface area contributed by atoms with E-state index < -0.39 is 0 Å². The number of phenolic OH excluding ortho intramolecular Hbond substituents is 1. The molecule has 1 saturated heterocycles. The van der Waals surface area contributed by atoms with Gasteiger partial charge in [-0.2, -0.15) is 5.53 Å². The topological polar surface area (TPSA) is 56.8 Å². The zero-order valence-corrected chi connectivity index (χ0v) is 15.2. The fraction of sp³-hybridized carbons (Fsp3) is 0.182. The molecule has 27 heavy (non-hydrogen) atoms. The molecule has 0 aromatic heterocycles. The fourth-order valence-electron chi connectivity index (χ4n) is 3.22. The molecular weight excluding hydrogens is 338 g/mol. The lowest BCUT2D eigenvalue weighted by atomic mass is 10.1. The predicted molar refractivity (Wildman–Crippen MR) is 105 cm³/mol. The first-order valence-corrected chi connectivity index (χ1v) is 9.05. The highest BCUT2D eigenvalue weighted by molar-refractivity contribution is 5.45. The molecule has 1 aliphatic heterocycles. The van der Waals surface area contributed by atoms with E-state index in [1.807, 2.05) is 61.5 Å². The van der Waals surface area contributed by atoms with Gasteiger partial charge in [-0.25, -0.2) is 10.4 Å². The van der Waals surface area contributed by atoms with Gasteiger partial charge in [0.2, 0.25) is 0 Å². The largest absolute Gasteiger partial charge is 0.504 e. The molecule has 0 amide bonds. The number of benzene rings is 3. The number of nitrogens with zero attached hydrogens (tertiary/aromatic N) is 1. The Bertz CT molecular complexity index is 914. The lowest BCUT2D eigenvalue weighted by Gasteiger charge is -2.16. The number of hydrazine groups is 2. The van der Waals surface area contributed by atoms with Crippen LogP contribution in [0.25, 0.3) is 0 Å². The first-order chi connectivity index (χ1) is 13.2. The number of aryl methyl sites for hydroxylation is 1. The Kier molecular flexibility index (Phi) is 5.07. The third kappa shape index (κ3) is 4.11. The molecule has 5 heteroatoms. The van der Waals surface area contributed by atoms with Crippen LogP contribution in [0.5, 0.6) is 17.2 Å².